The SMILES string of the molecule is CC(=O)N[C@@H]1CCO[C@H](c2ccccc2NC(=O)CCc2c(C)nc3cc(C)nn3c2C)C1. The molecule has 1 saturated heterocycles. The summed E-state index contributed by atoms with van der Waals surface area (Å²) >= 11 is 0. The number of nitrogens with one attached hydrogen (secondary N) is 2. The molecule has 8 nitrogen and oxygen atoms in total. The quantitative estimate of drug-likeness (QED) is 0.599. The van der Waals surface area contributed by atoms with Crippen LogP contribution in [0, 0.1) is 20.8 Å². The molecule has 8 heteroatoms. The molecule has 0 radical (unpaired) electrons. The molecule has 3 aromatic rings. The van der Waals surface area contributed by atoms with Gasteiger partial charge in [0, 0.05) is 54.7 Å². The zero-order chi connectivity index (χ0) is 23.5. The van der Waals surface area contributed by atoms with Crippen molar-refractivity contribution in [3.8, 4) is 0 Å². The maximum Gasteiger partial charge on any atom is 0.224 e. The largest absolute Gasteiger partial charge is 0.373 e. The molecular weight excluding hydrogens is 418 g/mol. The fourth-order valence-corrected chi connectivity index (χ4v) is 4.58. The summed E-state index contributed by atoms with van der Waals surface area (Å²) in [5.41, 5.74) is 6.41. The smallest absolute Gasteiger partial charge is 0.224 e. The Kier molecular flexibility index (Phi) is 6.74. The molecule has 2 N–H and O–H groups in total. The monoisotopic (exact) mass is 449 g/mol. The molecule has 1 aromatic carbocycles. The maximum atomic E-state index is 12.9. The zero-order valence-corrected chi connectivity index (χ0v) is 19.6. The number of amides is 2. The van der Waals surface area contributed by atoms with Crippen molar-refractivity contribution < 1.29 is 14.3 Å². The Hall–Kier alpha value is -3.26. The van der Waals surface area contributed by atoms with E-state index in [-0.39, 0.29) is 24.0 Å². The first kappa shape index (κ1) is 22.9. The Balaban J connectivity index is 1.45. The molecule has 0 aliphatic carbocycles. The van der Waals surface area contributed by atoms with E-state index in [9.17, 15) is 9.59 Å². The highest BCUT2D eigenvalue weighted by molar-refractivity contribution is 5.91. The fraction of sp³-hybridized carbons (Fsp3) is 0.440. The van der Waals surface area contributed by atoms with E-state index in [1.807, 2.05) is 55.6 Å². The Morgan fingerprint density at radius 1 is 1.21 bits per heavy atom. The van der Waals surface area contributed by atoms with E-state index in [2.05, 4.69) is 20.7 Å². The van der Waals surface area contributed by atoms with Gasteiger partial charge in [-0.05, 0) is 51.7 Å². The van der Waals surface area contributed by atoms with Crippen LogP contribution in [0.5, 0.6) is 0 Å². The lowest BCUT2D eigenvalue weighted by Gasteiger charge is -2.31. The molecule has 0 spiro atoms. The number of carbonyl (C=O) groups excluding carboxylic acids is 2. The summed E-state index contributed by atoms with van der Waals surface area (Å²) in [6.07, 6.45) is 2.21. The number of hydrogen-bond acceptors (Lipinski definition) is 5. The summed E-state index contributed by atoms with van der Waals surface area (Å²) in [5, 5.41) is 10.6. The summed E-state index contributed by atoms with van der Waals surface area (Å²) in [4.78, 5) is 29.0. The van der Waals surface area contributed by atoms with Crippen LogP contribution in [0.4, 0.5) is 5.69 Å². The van der Waals surface area contributed by atoms with Crippen molar-refractivity contribution in [1.82, 2.24) is 19.9 Å². The number of carbonyl (C=O) groups is 2. The topological polar surface area (TPSA) is 97.6 Å². The number of nitrogens with zero attached hydrogens (tertiary/aromatic N) is 3. The van der Waals surface area contributed by atoms with Crippen molar-refractivity contribution >= 4 is 23.1 Å². The van der Waals surface area contributed by atoms with Gasteiger partial charge in [-0.1, -0.05) is 18.2 Å². The van der Waals surface area contributed by atoms with Crippen LogP contribution >= 0.6 is 0 Å². The standard InChI is InChI=1S/C25H31N5O3/c1-15-13-24-26-16(2)20(17(3)30(24)29-15)9-10-25(32)28-22-8-6-5-7-21(22)23-14-19(11-12-33-23)27-18(4)31/h5-8,13,19,23H,9-12,14H2,1-4H3,(H,27,31)(H,28,32)/t19-,23+/m1/s1. The first-order chi connectivity index (χ1) is 15.8. The average Bonchev–Trinajstić information content (AvgIpc) is 3.14. The lowest BCUT2D eigenvalue weighted by Crippen LogP contribution is -2.38. The van der Waals surface area contributed by atoms with Gasteiger partial charge in [0.25, 0.3) is 0 Å². The summed E-state index contributed by atoms with van der Waals surface area (Å²) < 4.78 is 7.83. The van der Waals surface area contributed by atoms with Gasteiger partial charge >= 0.3 is 0 Å². The predicted octanol–water partition coefficient (Wildman–Crippen LogP) is 3.58. The van der Waals surface area contributed by atoms with Crippen LogP contribution in [0.3, 0.4) is 0 Å². The molecule has 1 aliphatic rings. The highest BCUT2D eigenvalue weighted by Gasteiger charge is 2.26. The van der Waals surface area contributed by atoms with Gasteiger partial charge in [-0.2, -0.15) is 5.10 Å². The molecule has 0 unspecified atom stereocenters. The molecule has 1 fully saturated rings. The van der Waals surface area contributed by atoms with Crippen molar-refractivity contribution in [2.75, 3.05) is 11.9 Å². The van der Waals surface area contributed by atoms with Crippen molar-refractivity contribution in [2.24, 2.45) is 0 Å². The van der Waals surface area contributed by atoms with Crippen LogP contribution < -0.4 is 10.6 Å². The van der Waals surface area contributed by atoms with Gasteiger partial charge in [0.15, 0.2) is 5.65 Å². The number of anilines is 1. The molecule has 2 amide bonds. The second kappa shape index (κ2) is 9.70. The Bertz CT molecular complexity index is 1190. The Morgan fingerprint density at radius 2 is 2.00 bits per heavy atom. The number of ether oxygens (including phenoxy) is 1. The molecule has 2 aromatic heterocycles. The van der Waals surface area contributed by atoms with Crippen LogP contribution in [0.1, 0.15) is 60.5 Å². The number of hydrogen-bond donors (Lipinski definition) is 2. The predicted molar refractivity (Wildman–Crippen MR) is 126 cm³/mol. The second-order valence-corrected chi connectivity index (χ2v) is 8.73. The third-order valence-corrected chi connectivity index (χ3v) is 6.16. The summed E-state index contributed by atoms with van der Waals surface area (Å²) in [5.74, 6) is -0.0991. The van der Waals surface area contributed by atoms with Gasteiger partial charge in [-0.25, -0.2) is 9.50 Å². The number of fused-ring (bicyclic) bond motifs is 1. The average molecular weight is 450 g/mol. The van der Waals surface area contributed by atoms with Gasteiger partial charge in [0.2, 0.25) is 11.8 Å². The molecule has 2 atom stereocenters. The normalized spacial score (nSPS) is 18.3. The number of aromatic nitrogens is 3. The Morgan fingerprint density at radius 3 is 2.79 bits per heavy atom. The van der Waals surface area contributed by atoms with E-state index in [1.165, 1.54) is 6.92 Å². The van der Waals surface area contributed by atoms with E-state index in [0.717, 1.165) is 46.0 Å². The van der Waals surface area contributed by atoms with Gasteiger partial charge in [0.1, 0.15) is 0 Å². The van der Waals surface area contributed by atoms with Gasteiger partial charge in [0.05, 0.1) is 11.8 Å². The molecular formula is C25H31N5O3. The van der Waals surface area contributed by atoms with E-state index in [1.54, 1.807) is 0 Å². The highest BCUT2D eigenvalue weighted by Crippen LogP contribution is 2.33. The molecule has 1 aliphatic heterocycles. The first-order valence-corrected chi connectivity index (χ1v) is 11.4. The highest BCUT2D eigenvalue weighted by atomic mass is 16.5. The minimum atomic E-state index is -0.175. The third kappa shape index (κ3) is 5.22. The lowest BCUT2D eigenvalue weighted by atomic mass is 9.96. The number of benzene rings is 1. The van der Waals surface area contributed by atoms with Gasteiger partial charge < -0.3 is 15.4 Å². The molecule has 33 heavy (non-hydrogen) atoms. The lowest BCUT2D eigenvalue weighted by molar-refractivity contribution is -0.120. The molecule has 0 saturated carbocycles. The third-order valence-electron chi connectivity index (χ3n) is 6.16. The molecule has 4 rings (SSSR count). The van der Waals surface area contributed by atoms with Crippen molar-refractivity contribution in [1.29, 1.82) is 0 Å². The summed E-state index contributed by atoms with van der Waals surface area (Å²) in [7, 11) is 0. The zero-order valence-electron chi connectivity index (χ0n) is 19.6. The first-order valence-electron chi connectivity index (χ1n) is 11.4. The maximum absolute atomic E-state index is 12.9. The van der Waals surface area contributed by atoms with Gasteiger partial charge in [-0.15, -0.1) is 0 Å². The fourth-order valence-electron chi connectivity index (χ4n) is 4.58. The van der Waals surface area contributed by atoms with Crippen LogP contribution in [-0.2, 0) is 20.7 Å². The van der Waals surface area contributed by atoms with Crippen LogP contribution in [0.25, 0.3) is 5.65 Å². The van der Waals surface area contributed by atoms with E-state index in [0.29, 0.717) is 25.9 Å². The molecule has 174 valence electrons. The van der Waals surface area contributed by atoms with Crippen molar-refractivity contribution in [3.63, 3.8) is 0 Å². The van der Waals surface area contributed by atoms with Crippen molar-refractivity contribution in [3.05, 3.63) is 58.5 Å². The van der Waals surface area contributed by atoms with Gasteiger partial charge in [-0.3, -0.25) is 9.59 Å². The minimum Gasteiger partial charge on any atom is -0.373 e. The minimum absolute atomic E-state index is 0.0363. The van der Waals surface area contributed by atoms with E-state index in [4.69, 9.17) is 4.74 Å². The second-order valence-electron chi connectivity index (χ2n) is 8.73. The van der Waals surface area contributed by atoms with Crippen molar-refractivity contribution in [2.45, 2.75) is 65.5 Å². The number of aryl methyl sites for hydroxylation is 3. The number of rotatable bonds is 6. The summed E-state index contributed by atoms with van der Waals surface area (Å²) in [6, 6.07) is 9.74. The molecule has 3 heterocycles. The molecule has 0 bridgehead atoms. The van der Waals surface area contributed by atoms with Crippen LogP contribution in [-0.4, -0.2) is 39.1 Å². The Labute approximate surface area is 193 Å². The van der Waals surface area contributed by atoms with Crippen LogP contribution in [0.2, 0.25) is 0 Å². The summed E-state index contributed by atoms with van der Waals surface area (Å²) in [6.45, 7) is 8.04. The number of para-hydroxylation sites is 1. The van der Waals surface area contributed by atoms with Crippen LogP contribution in [0.15, 0.2) is 30.3 Å². The van der Waals surface area contributed by atoms with E-state index < -0.39 is 0 Å². The van der Waals surface area contributed by atoms with E-state index >= 15 is 0 Å².